The lowest BCUT2D eigenvalue weighted by molar-refractivity contribution is 1.57. The van der Waals surface area contributed by atoms with Gasteiger partial charge in [-0.3, -0.25) is 0 Å². The maximum Gasteiger partial charge on any atom is 0.248 e. The summed E-state index contributed by atoms with van der Waals surface area (Å²) in [7, 11) is 1.73. The summed E-state index contributed by atoms with van der Waals surface area (Å²) in [6.07, 6.45) is 0. The zero-order valence-electron chi connectivity index (χ0n) is 3.40. The lowest BCUT2D eigenvalue weighted by Crippen LogP contribution is -1.87. The Bertz CT molecular complexity index is 103. The molecule has 0 bridgehead atoms. The molecule has 0 radical (unpaired) electrons. The summed E-state index contributed by atoms with van der Waals surface area (Å²) in [4.78, 5) is 0. The van der Waals surface area contributed by atoms with E-state index in [0.717, 1.165) is 21.6 Å². The Morgan fingerprint density at radius 1 is 1.38 bits per heavy atom. The molecule has 0 aromatic carbocycles. The molecule has 0 spiro atoms. The molecule has 0 unspecified atom stereocenters. The number of hydrogen-bond acceptors (Lipinski definition) is 3. The van der Waals surface area contributed by atoms with Gasteiger partial charge in [-0.25, -0.2) is 0 Å². The molecule has 0 atom stereocenters. The Kier molecular flexibility index (Phi) is 4.50. The minimum Gasteiger partial charge on any atom is -0.184 e. The molecule has 0 saturated carbocycles. The lowest BCUT2D eigenvalue weighted by atomic mass is 11.8. The number of thiocyanates is 1. The number of nitriles is 1. The van der Waals surface area contributed by atoms with Gasteiger partial charge in [-0.15, -0.1) is 0 Å². The van der Waals surface area contributed by atoms with Crippen LogP contribution in [0.3, 0.4) is 0 Å². The number of alkyl halides is 3. The van der Waals surface area contributed by atoms with Gasteiger partial charge in [0.25, 0.3) is 0 Å². The van der Waals surface area contributed by atoms with Crippen molar-refractivity contribution in [2.75, 3.05) is 0 Å². The van der Waals surface area contributed by atoms with Gasteiger partial charge in [0.2, 0.25) is 3.12 Å². The second-order valence-corrected chi connectivity index (χ2v) is 5.79. The van der Waals surface area contributed by atoms with Crippen molar-refractivity contribution in [2.24, 2.45) is 0 Å². The molecule has 0 saturated heterocycles. The van der Waals surface area contributed by atoms with Gasteiger partial charge in [-0.1, -0.05) is 34.8 Å². The van der Waals surface area contributed by atoms with Crippen molar-refractivity contribution in [3.8, 4) is 5.40 Å². The SMILES string of the molecule is N#CSSC(Cl)(Cl)Cl. The Hall–Kier alpha value is 1.06. The number of halogens is 3. The van der Waals surface area contributed by atoms with Crippen LogP contribution in [0.4, 0.5) is 0 Å². The molecule has 8 heavy (non-hydrogen) atoms. The average Bonchev–Trinajstić information content (AvgIpc) is 1.59. The number of rotatable bonds is 1. The first-order valence-electron chi connectivity index (χ1n) is 1.37. The molecule has 0 aliphatic carbocycles. The van der Waals surface area contributed by atoms with Gasteiger partial charge in [0.05, 0.1) is 0 Å². The van der Waals surface area contributed by atoms with Gasteiger partial charge in [0.1, 0.15) is 5.40 Å². The summed E-state index contributed by atoms with van der Waals surface area (Å²) in [6, 6.07) is 0. The molecule has 0 aromatic heterocycles. The highest BCUT2D eigenvalue weighted by Gasteiger charge is 2.20. The molecule has 0 heterocycles. The molecular weight excluding hydrogens is 209 g/mol. The minimum absolute atomic E-state index is 0.841. The highest BCUT2D eigenvalue weighted by molar-refractivity contribution is 8.79. The molecule has 0 aliphatic heterocycles. The third-order valence-corrected chi connectivity index (χ3v) is 3.26. The quantitative estimate of drug-likeness (QED) is 0.376. The maximum atomic E-state index is 7.95. The van der Waals surface area contributed by atoms with Gasteiger partial charge in [0.15, 0.2) is 0 Å². The number of hydrogen-bond donors (Lipinski definition) is 0. The fraction of sp³-hybridized carbons (Fsp3) is 0.500. The van der Waals surface area contributed by atoms with Crippen molar-refractivity contribution >= 4 is 56.4 Å². The van der Waals surface area contributed by atoms with Gasteiger partial charge >= 0.3 is 0 Å². The second kappa shape index (κ2) is 3.97. The molecule has 1 nitrogen and oxygen atoms in total. The largest absolute Gasteiger partial charge is 0.248 e. The van der Waals surface area contributed by atoms with E-state index < -0.39 is 3.12 Å². The summed E-state index contributed by atoms with van der Waals surface area (Å²) < 4.78 is -1.37. The van der Waals surface area contributed by atoms with Crippen molar-refractivity contribution < 1.29 is 0 Å². The molecule has 0 N–H and O–H groups in total. The summed E-state index contributed by atoms with van der Waals surface area (Å²) in [5.74, 6) is 0. The van der Waals surface area contributed by atoms with Crippen LogP contribution < -0.4 is 0 Å². The highest BCUT2D eigenvalue weighted by atomic mass is 35.6. The monoisotopic (exact) mass is 207 g/mol. The zero-order chi connectivity index (χ0) is 6.62. The van der Waals surface area contributed by atoms with Crippen LogP contribution in [0, 0.1) is 10.7 Å². The molecule has 46 valence electrons. The molecule has 0 aromatic rings. The van der Waals surface area contributed by atoms with Crippen molar-refractivity contribution in [1.82, 2.24) is 0 Å². The zero-order valence-corrected chi connectivity index (χ0v) is 7.30. The molecule has 0 rings (SSSR count). The van der Waals surface area contributed by atoms with Crippen LogP contribution >= 0.6 is 56.4 Å². The van der Waals surface area contributed by atoms with Gasteiger partial charge in [0, 0.05) is 10.8 Å². The Morgan fingerprint density at radius 2 is 1.88 bits per heavy atom. The molecule has 0 fully saturated rings. The van der Waals surface area contributed by atoms with Crippen LogP contribution in [0.5, 0.6) is 0 Å². The van der Waals surface area contributed by atoms with Crippen LogP contribution in [-0.2, 0) is 0 Å². The van der Waals surface area contributed by atoms with Gasteiger partial charge < -0.3 is 0 Å². The van der Waals surface area contributed by atoms with Crippen LogP contribution in [0.2, 0.25) is 0 Å². The fourth-order valence-corrected chi connectivity index (χ4v) is 1.44. The first-order valence-corrected chi connectivity index (χ1v) is 4.65. The van der Waals surface area contributed by atoms with E-state index in [9.17, 15) is 0 Å². The van der Waals surface area contributed by atoms with Crippen LogP contribution in [-0.4, -0.2) is 3.12 Å². The third-order valence-electron chi connectivity index (χ3n) is 0.173. The first-order chi connectivity index (χ1) is 3.56. The lowest BCUT2D eigenvalue weighted by Gasteiger charge is -2.02. The standard InChI is InChI=1S/C2Cl3NS2/c3-2(4,5)8-7-1-6. The van der Waals surface area contributed by atoms with Crippen LogP contribution in [0.1, 0.15) is 0 Å². The van der Waals surface area contributed by atoms with Crippen molar-refractivity contribution in [1.29, 1.82) is 5.26 Å². The van der Waals surface area contributed by atoms with E-state index in [1.54, 1.807) is 5.40 Å². The predicted molar refractivity (Wildman–Crippen MR) is 41.1 cm³/mol. The Balaban J connectivity index is 3.28. The fourth-order valence-electron chi connectivity index (χ4n) is 0.0659. The van der Waals surface area contributed by atoms with E-state index in [1.807, 2.05) is 0 Å². The van der Waals surface area contributed by atoms with Gasteiger partial charge in [-0.05, 0) is 10.8 Å². The molecule has 0 amide bonds. The van der Waals surface area contributed by atoms with E-state index in [2.05, 4.69) is 0 Å². The van der Waals surface area contributed by atoms with Crippen molar-refractivity contribution in [2.45, 2.75) is 3.12 Å². The molecule has 0 aliphatic rings. The van der Waals surface area contributed by atoms with Crippen molar-refractivity contribution in [3.05, 3.63) is 0 Å². The molecular formula is C2Cl3NS2. The van der Waals surface area contributed by atoms with E-state index in [4.69, 9.17) is 40.1 Å². The molecule has 6 heteroatoms. The van der Waals surface area contributed by atoms with Crippen LogP contribution in [0.15, 0.2) is 0 Å². The summed E-state index contributed by atoms with van der Waals surface area (Å²) in [5.41, 5.74) is 0. The average molecular weight is 209 g/mol. The smallest absolute Gasteiger partial charge is 0.184 e. The Labute approximate surface area is 70.1 Å². The predicted octanol–water partition coefficient (Wildman–Crippen LogP) is 3.18. The summed E-state index contributed by atoms with van der Waals surface area (Å²) in [6.45, 7) is 0. The summed E-state index contributed by atoms with van der Waals surface area (Å²) >= 11 is 15.7. The number of nitrogens with zero attached hydrogens (tertiary/aromatic N) is 1. The second-order valence-electron chi connectivity index (χ2n) is 0.704. The normalized spacial score (nSPS) is 10.8. The Morgan fingerprint density at radius 3 is 2.00 bits per heavy atom. The van der Waals surface area contributed by atoms with E-state index in [0.29, 0.717) is 0 Å². The maximum absolute atomic E-state index is 7.95. The van der Waals surface area contributed by atoms with E-state index >= 15 is 0 Å². The first kappa shape index (κ1) is 9.06. The van der Waals surface area contributed by atoms with Gasteiger partial charge in [-0.2, -0.15) is 5.26 Å². The summed E-state index contributed by atoms with van der Waals surface area (Å²) in [5, 5.41) is 9.70. The third kappa shape index (κ3) is 7.06. The van der Waals surface area contributed by atoms with E-state index in [1.165, 1.54) is 0 Å². The van der Waals surface area contributed by atoms with Crippen LogP contribution in [0.25, 0.3) is 0 Å². The minimum atomic E-state index is -1.37. The van der Waals surface area contributed by atoms with E-state index in [-0.39, 0.29) is 0 Å². The van der Waals surface area contributed by atoms with Crippen molar-refractivity contribution in [3.63, 3.8) is 0 Å². The highest BCUT2D eigenvalue weighted by Crippen LogP contribution is 2.45. The topological polar surface area (TPSA) is 23.8 Å².